The minimum atomic E-state index is -0.533. The number of carbonyl (C=O) groups excluding carboxylic acids is 2. The van der Waals surface area contributed by atoms with E-state index in [2.05, 4.69) is 6.92 Å². The Morgan fingerprint density at radius 1 is 1.21 bits per heavy atom. The molecule has 14 heavy (non-hydrogen) atoms. The molecule has 0 heterocycles. The Bertz CT molecular complexity index is 317. The second-order valence-electron chi connectivity index (χ2n) is 2.86. The molecule has 0 aliphatic rings. The molecule has 1 aromatic rings. The minimum absolute atomic E-state index is 0.201. The molecule has 0 saturated carbocycles. The van der Waals surface area contributed by atoms with E-state index in [1.54, 1.807) is 0 Å². The fourth-order valence-corrected chi connectivity index (χ4v) is 0.950. The van der Waals surface area contributed by atoms with Gasteiger partial charge in [-0.25, -0.2) is 0 Å². The summed E-state index contributed by atoms with van der Waals surface area (Å²) in [6, 6.07) is 9.29. The molecule has 0 saturated heterocycles. The molecule has 0 aromatic heterocycles. The van der Waals surface area contributed by atoms with E-state index in [9.17, 15) is 9.59 Å². The van der Waals surface area contributed by atoms with Crippen LogP contribution in [0.25, 0.3) is 0 Å². The van der Waals surface area contributed by atoms with Crippen molar-refractivity contribution in [1.29, 1.82) is 0 Å². The van der Waals surface area contributed by atoms with Gasteiger partial charge in [0.1, 0.15) is 18.8 Å². The monoisotopic (exact) mass is 191 g/mol. The zero-order valence-corrected chi connectivity index (χ0v) is 7.73. The van der Waals surface area contributed by atoms with E-state index in [4.69, 9.17) is 4.74 Å². The number of ketones is 1. The molecule has 3 heteroatoms. The molecule has 1 aromatic carbocycles. The quantitative estimate of drug-likeness (QED) is 0.535. The Morgan fingerprint density at radius 2 is 1.86 bits per heavy atom. The third kappa shape index (κ3) is 3.85. The maximum atomic E-state index is 10.9. The van der Waals surface area contributed by atoms with Crippen LogP contribution < -0.4 is 0 Å². The second kappa shape index (κ2) is 5.17. The number of benzene rings is 1. The average molecular weight is 191 g/mol. The summed E-state index contributed by atoms with van der Waals surface area (Å²) in [7, 11) is 0. The van der Waals surface area contributed by atoms with Gasteiger partial charge in [0, 0.05) is 6.92 Å². The molecule has 0 spiro atoms. The standard InChI is InChI=1S/C11H11O3/c1-9(12)7-11(13)14-8-10-5-3-2-4-6-10/h2-6H,1,7-8H2. The smallest absolute Gasteiger partial charge is 0.313 e. The molecule has 0 bridgehead atoms. The highest BCUT2D eigenvalue weighted by Crippen LogP contribution is 2.01. The topological polar surface area (TPSA) is 43.4 Å². The van der Waals surface area contributed by atoms with Crippen molar-refractivity contribution in [3.63, 3.8) is 0 Å². The lowest BCUT2D eigenvalue weighted by molar-refractivity contribution is -0.146. The predicted octanol–water partition coefficient (Wildman–Crippen LogP) is 1.52. The minimum Gasteiger partial charge on any atom is -0.460 e. The molecule has 0 aliphatic carbocycles. The van der Waals surface area contributed by atoms with Gasteiger partial charge < -0.3 is 4.74 Å². The van der Waals surface area contributed by atoms with Gasteiger partial charge in [-0.05, 0) is 5.56 Å². The first-order valence-electron chi connectivity index (χ1n) is 4.23. The summed E-state index contributed by atoms with van der Waals surface area (Å²) in [6.45, 7) is 3.30. The van der Waals surface area contributed by atoms with Crippen LogP contribution in [0.4, 0.5) is 0 Å². The lowest BCUT2D eigenvalue weighted by Gasteiger charge is -2.02. The second-order valence-corrected chi connectivity index (χ2v) is 2.86. The number of carbonyl (C=O) groups is 2. The number of hydrogen-bond acceptors (Lipinski definition) is 3. The fraction of sp³-hybridized carbons (Fsp3) is 0.182. The van der Waals surface area contributed by atoms with Gasteiger partial charge >= 0.3 is 5.97 Å². The van der Waals surface area contributed by atoms with Crippen LogP contribution in [-0.4, -0.2) is 11.8 Å². The zero-order valence-electron chi connectivity index (χ0n) is 7.73. The summed E-state index contributed by atoms with van der Waals surface area (Å²) < 4.78 is 4.84. The van der Waals surface area contributed by atoms with E-state index in [1.807, 2.05) is 30.3 Å². The van der Waals surface area contributed by atoms with Gasteiger partial charge in [-0.1, -0.05) is 30.3 Å². The van der Waals surface area contributed by atoms with E-state index < -0.39 is 11.8 Å². The van der Waals surface area contributed by atoms with E-state index in [-0.39, 0.29) is 13.0 Å². The van der Waals surface area contributed by atoms with Gasteiger partial charge in [-0.15, -0.1) is 0 Å². The Labute approximate surface area is 82.7 Å². The van der Waals surface area contributed by atoms with Crippen molar-refractivity contribution in [3.8, 4) is 0 Å². The molecule has 0 aliphatic heterocycles. The molecule has 0 N–H and O–H groups in total. The molecular weight excluding hydrogens is 180 g/mol. The molecule has 3 nitrogen and oxygen atoms in total. The van der Waals surface area contributed by atoms with Gasteiger partial charge in [0.2, 0.25) is 0 Å². The van der Waals surface area contributed by atoms with E-state index in [0.29, 0.717) is 0 Å². The summed E-state index contributed by atoms with van der Waals surface area (Å²) in [5.41, 5.74) is 0.900. The number of Topliss-reactive ketones (excluding diaryl/α,β-unsaturated/α-hetero) is 1. The third-order valence-corrected chi connectivity index (χ3v) is 1.58. The lowest BCUT2D eigenvalue weighted by Crippen LogP contribution is -2.08. The molecule has 1 rings (SSSR count). The molecule has 0 unspecified atom stereocenters. The van der Waals surface area contributed by atoms with Gasteiger partial charge in [0.25, 0.3) is 0 Å². The molecule has 73 valence electrons. The lowest BCUT2D eigenvalue weighted by atomic mass is 10.2. The molecule has 0 amide bonds. The number of ether oxygens (including phenoxy) is 1. The number of rotatable bonds is 4. The summed E-state index contributed by atoms with van der Waals surface area (Å²) >= 11 is 0. The van der Waals surface area contributed by atoms with Crippen LogP contribution in [0.3, 0.4) is 0 Å². The highest BCUT2D eigenvalue weighted by Gasteiger charge is 2.05. The van der Waals surface area contributed by atoms with Crippen LogP contribution in [0.15, 0.2) is 30.3 Å². The summed E-state index contributed by atoms with van der Waals surface area (Å²) in [4.78, 5) is 21.4. The summed E-state index contributed by atoms with van der Waals surface area (Å²) in [5.74, 6) is -0.961. The predicted molar refractivity (Wildman–Crippen MR) is 51.2 cm³/mol. The van der Waals surface area contributed by atoms with Crippen molar-refractivity contribution in [2.75, 3.05) is 0 Å². The first kappa shape index (κ1) is 10.4. The average Bonchev–Trinajstić information content (AvgIpc) is 2.15. The van der Waals surface area contributed by atoms with Gasteiger partial charge in [-0.3, -0.25) is 9.59 Å². The van der Waals surface area contributed by atoms with Crippen LogP contribution >= 0.6 is 0 Å². The van der Waals surface area contributed by atoms with Crippen LogP contribution in [0, 0.1) is 6.92 Å². The maximum absolute atomic E-state index is 10.9. The maximum Gasteiger partial charge on any atom is 0.313 e. The summed E-state index contributed by atoms with van der Waals surface area (Å²) in [5, 5.41) is 0. The van der Waals surface area contributed by atoms with Crippen molar-refractivity contribution in [2.24, 2.45) is 0 Å². The normalized spacial score (nSPS) is 9.50. The first-order valence-corrected chi connectivity index (χ1v) is 4.23. The number of hydrogen-bond donors (Lipinski definition) is 0. The fourth-order valence-electron chi connectivity index (χ4n) is 0.950. The zero-order chi connectivity index (χ0) is 10.4. The van der Waals surface area contributed by atoms with Crippen molar-refractivity contribution in [1.82, 2.24) is 0 Å². The van der Waals surface area contributed by atoms with Crippen molar-refractivity contribution >= 4 is 11.8 Å². The van der Waals surface area contributed by atoms with Crippen molar-refractivity contribution < 1.29 is 14.3 Å². The molecular formula is C11H11O3. The van der Waals surface area contributed by atoms with E-state index in [0.717, 1.165) is 5.56 Å². The van der Waals surface area contributed by atoms with E-state index in [1.165, 1.54) is 0 Å². The molecule has 0 fully saturated rings. The van der Waals surface area contributed by atoms with Crippen LogP contribution in [0.1, 0.15) is 12.0 Å². The van der Waals surface area contributed by atoms with Crippen molar-refractivity contribution in [3.05, 3.63) is 42.8 Å². The van der Waals surface area contributed by atoms with Gasteiger partial charge in [-0.2, -0.15) is 0 Å². The highest BCUT2D eigenvalue weighted by molar-refractivity contribution is 5.97. The largest absolute Gasteiger partial charge is 0.460 e. The Balaban J connectivity index is 2.34. The third-order valence-electron chi connectivity index (χ3n) is 1.58. The molecule has 1 radical (unpaired) electrons. The first-order chi connectivity index (χ1) is 6.68. The molecule has 0 atom stereocenters. The van der Waals surface area contributed by atoms with Crippen LogP contribution in [0.5, 0.6) is 0 Å². The number of esters is 1. The van der Waals surface area contributed by atoms with Gasteiger partial charge in [0.15, 0.2) is 0 Å². The Kier molecular flexibility index (Phi) is 3.85. The van der Waals surface area contributed by atoms with Crippen LogP contribution in [-0.2, 0) is 20.9 Å². The van der Waals surface area contributed by atoms with Gasteiger partial charge in [0.05, 0.1) is 0 Å². The van der Waals surface area contributed by atoms with Crippen molar-refractivity contribution in [2.45, 2.75) is 13.0 Å². The Morgan fingerprint density at radius 3 is 2.43 bits per heavy atom. The highest BCUT2D eigenvalue weighted by atomic mass is 16.5. The Hall–Kier alpha value is -1.64. The summed E-state index contributed by atoms with van der Waals surface area (Å²) in [6.07, 6.45) is -0.257. The van der Waals surface area contributed by atoms with Crippen LogP contribution in [0.2, 0.25) is 0 Å². The van der Waals surface area contributed by atoms with E-state index >= 15 is 0 Å². The SMILES string of the molecule is [CH2]C(=O)CC(=O)OCc1ccccc1.